The van der Waals surface area contributed by atoms with E-state index in [1.165, 1.54) is 13.4 Å². The van der Waals surface area contributed by atoms with Crippen LogP contribution in [0.1, 0.15) is 31.5 Å². The Kier molecular flexibility index (Phi) is 5.50. The number of rotatable bonds is 3. The second kappa shape index (κ2) is 8.14. The normalized spacial score (nSPS) is 27.1. The Hall–Kier alpha value is -3.62. The van der Waals surface area contributed by atoms with Gasteiger partial charge in [-0.3, -0.25) is 4.79 Å². The highest BCUT2D eigenvalue weighted by molar-refractivity contribution is 5.85. The summed E-state index contributed by atoms with van der Waals surface area (Å²) in [6.07, 6.45) is 2.24. The summed E-state index contributed by atoms with van der Waals surface area (Å²) in [5.41, 5.74) is -0.287. The maximum Gasteiger partial charge on any atom is 0.228 e. The summed E-state index contributed by atoms with van der Waals surface area (Å²) in [6, 6.07) is 1.05. The Morgan fingerprint density at radius 3 is 2.47 bits per heavy atom. The Bertz CT molecular complexity index is 1220. The van der Waals surface area contributed by atoms with Crippen LogP contribution in [0.2, 0.25) is 0 Å². The molecule has 3 heterocycles. The quantitative estimate of drug-likeness (QED) is 0.406. The highest BCUT2D eigenvalue weighted by Crippen LogP contribution is 2.50. The molecule has 4 N–H and O–H groups in total. The van der Waals surface area contributed by atoms with E-state index in [0.717, 1.165) is 0 Å². The predicted octanol–water partition coefficient (Wildman–Crippen LogP) is -0.277. The minimum atomic E-state index is -1.26. The molecule has 166 valence electrons. The van der Waals surface area contributed by atoms with Crippen molar-refractivity contribution >= 4 is 22.9 Å². The number of nitrogens with zero attached hydrogens (tertiary/aromatic N) is 6. The number of amides is 1. The first-order chi connectivity index (χ1) is 15.3. The van der Waals surface area contributed by atoms with Crippen molar-refractivity contribution in [3.05, 3.63) is 36.4 Å². The molecule has 1 unspecified atom stereocenters. The fraction of sp³-hybridized carbons (Fsp3) is 0.429. The van der Waals surface area contributed by atoms with Gasteiger partial charge in [-0.05, 0) is 30.7 Å². The zero-order chi connectivity index (χ0) is 23.0. The fourth-order valence-corrected chi connectivity index (χ4v) is 4.32. The third-order valence-corrected chi connectivity index (χ3v) is 6.29. The lowest BCUT2D eigenvalue weighted by Gasteiger charge is -2.31. The zero-order valence-corrected chi connectivity index (χ0v) is 18.1. The molecule has 0 radical (unpaired) electrons. The van der Waals surface area contributed by atoms with Crippen LogP contribution in [0, 0.1) is 23.2 Å². The van der Waals surface area contributed by atoms with Crippen molar-refractivity contribution in [1.82, 2.24) is 34.8 Å². The first-order valence-electron chi connectivity index (χ1n) is 10.1. The summed E-state index contributed by atoms with van der Waals surface area (Å²) in [5, 5.41) is 27.3. The number of carbonyl (C=O) groups is 1. The van der Waals surface area contributed by atoms with E-state index in [2.05, 4.69) is 47.4 Å². The van der Waals surface area contributed by atoms with Gasteiger partial charge in [-0.15, -0.1) is 0 Å². The summed E-state index contributed by atoms with van der Waals surface area (Å²) < 4.78 is 1.68. The number of aromatic nitrogens is 6. The van der Waals surface area contributed by atoms with Crippen molar-refractivity contribution in [1.29, 1.82) is 0 Å². The number of hydrogen-bond donors (Lipinski definition) is 4. The Balaban J connectivity index is 1.82. The van der Waals surface area contributed by atoms with Crippen molar-refractivity contribution in [2.45, 2.75) is 32.1 Å². The van der Waals surface area contributed by atoms with Gasteiger partial charge in [0.2, 0.25) is 17.6 Å². The number of fused-ring (bicyclic) bond motifs is 1. The van der Waals surface area contributed by atoms with Gasteiger partial charge in [-0.2, -0.15) is 0 Å². The van der Waals surface area contributed by atoms with Gasteiger partial charge in [0.25, 0.3) is 0 Å². The van der Waals surface area contributed by atoms with Crippen LogP contribution in [-0.2, 0) is 4.79 Å². The van der Waals surface area contributed by atoms with Crippen LogP contribution in [0.5, 0.6) is 0 Å². The molecule has 32 heavy (non-hydrogen) atoms. The molecule has 0 spiro atoms. The number of aliphatic hydroxyl groups excluding tert-OH is 2. The van der Waals surface area contributed by atoms with E-state index in [1.807, 2.05) is 6.92 Å². The van der Waals surface area contributed by atoms with Gasteiger partial charge in [-0.1, -0.05) is 6.92 Å². The number of aliphatic hydroxyl groups is 2. The predicted molar refractivity (Wildman–Crippen MR) is 115 cm³/mol. The minimum Gasteiger partial charge on any atom is -0.389 e. The molecular weight excluding hydrogens is 412 g/mol. The van der Waals surface area contributed by atoms with Crippen LogP contribution in [0.15, 0.2) is 24.8 Å². The average Bonchev–Trinajstić information content (AvgIpc) is 3.30. The van der Waals surface area contributed by atoms with E-state index < -0.39 is 29.6 Å². The van der Waals surface area contributed by atoms with Crippen LogP contribution < -0.4 is 10.6 Å². The van der Waals surface area contributed by atoms with Crippen LogP contribution in [0.25, 0.3) is 11.2 Å². The second-order valence-corrected chi connectivity index (χ2v) is 7.87. The molecule has 3 aromatic heterocycles. The maximum atomic E-state index is 12.6. The highest BCUT2D eigenvalue weighted by atomic mass is 16.3. The van der Waals surface area contributed by atoms with Gasteiger partial charge < -0.3 is 25.4 Å². The van der Waals surface area contributed by atoms with Crippen LogP contribution in [-0.4, -0.2) is 71.9 Å². The van der Waals surface area contributed by atoms with Crippen LogP contribution in [0.3, 0.4) is 0 Å². The van der Waals surface area contributed by atoms with Crippen LogP contribution in [0.4, 0.5) is 5.82 Å². The number of anilines is 1. The highest BCUT2D eigenvalue weighted by Gasteiger charge is 2.59. The molecule has 0 aliphatic heterocycles. The Morgan fingerprint density at radius 1 is 1.12 bits per heavy atom. The molecule has 1 amide bonds. The average molecular weight is 436 g/mol. The summed E-state index contributed by atoms with van der Waals surface area (Å²) in [7, 11) is 3.21. The SMILES string of the molecule is CNC(=O)C1(C)[C@H](C)[C@@H](n2cnc3c(NC)nc(C#Cc4ncccn4)nc32)[C@H](O)[C@@H]1O. The molecule has 1 aliphatic carbocycles. The lowest BCUT2D eigenvalue weighted by Crippen LogP contribution is -2.47. The van der Waals surface area contributed by atoms with E-state index >= 15 is 0 Å². The van der Waals surface area contributed by atoms with E-state index in [0.29, 0.717) is 22.8 Å². The molecule has 0 aromatic carbocycles. The van der Waals surface area contributed by atoms with Crippen LogP contribution >= 0.6 is 0 Å². The Labute approximate surface area is 184 Å². The van der Waals surface area contributed by atoms with Gasteiger partial charge in [-0.25, -0.2) is 24.9 Å². The number of hydrogen-bond acceptors (Lipinski definition) is 9. The third-order valence-electron chi connectivity index (χ3n) is 6.29. The van der Waals surface area contributed by atoms with Gasteiger partial charge >= 0.3 is 0 Å². The molecule has 11 heteroatoms. The van der Waals surface area contributed by atoms with E-state index in [1.54, 1.807) is 37.0 Å². The van der Waals surface area contributed by atoms with Crippen molar-refractivity contribution in [3.8, 4) is 11.8 Å². The summed E-state index contributed by atoms with van der Waals surface area (Å²) in [5.74, 6) is 5.91. The van der Waals surface area contributed by atoms with Crippen molar-refractivity contribution in [2.24, 2.45) is 11.3 Å². The first kappa shape index (κ1) is 21.6. The van der Waals surface area contributed by atoms with E-state index in [4.69, 9.17) is 0 Å². The minimum absolute atomic E-state index is 0.214. The van der Waals surface area contributed by atoms with Crippen molar-refractivity contribution in [3.63, 3.8) is 0 Å². The summed E-state index contributed by atoms with van der Waals surface area (Å²) >= 11 is 0. The third kappa shape index (κ3) is 3.24. The largest absolute Gasteiger partial charge is 0.389 e. The molecule has 4 rings (SSSR count). The standard InChI is InChI=1S/C21H24N8O3/c1-11-15(16(30)17(31)21(11,2)20(32)23-4)29-10-26-14-18(22-3)27-13(28-19(14)29)7-6-12-24-8-5-9-25-12/h5,8-11,15-17,30-31H,1-4H3,(H,23,32)(H,22,27,28)/t11-,15-,16+,17+,21?/m1/s1. The second-order valence-electron chi connectivity index (χ2n) is 7.87. The van der Waals surface area contributed by atoms with Crippen molar-refractivity contribution in [2.75, 3.05) is 19.4 Å². The van der Waals surface area contributed by atoms with Gasteiger partial charge in [0.05, 0.1) is 23.9 Å². The molecule has 0 bridgehead atoms. The molecular formula is C21H24N8O3. The molecule has 11 nitrogen and oxygen atoms in total. The van der Waals surface area contributed by atoms with E-state index in [9.17, 15) is 15.0 Å². The number of imidazole rings is 1. The Morgan fingerprint density at radius 2 is 1.81 bits per heavy atom. The summed E-state index contributed by atoms with van der Waals surface area (Å²) in [6.45, 7) is 3.47. The number of carbonyl (C=O) groups excluding carboxylic acids is 1. The van der Waals surface area contributed by atoms with Gasteiger partial charge in [0, 0.05) is 26.5 Å². The number of nitrogens with one attached hydrogen (secondary N) is 2. The van der Waals surface area contributed by atoms with E-state index in [-0.39, 0.29) is 11.7 Å². The monoisotopic (exact) mass is 436 g/mol. The lowest BCUT2D eigenvalue weighted by molar-refractivity contribution is -0.139. The molecule has 3 aromatic rings. The van der Waals surface area contributed by atoms with Gasteiger partial charge in [0.15, 0.2) is 17.0 Å². The summed E-state index contributed by atoms with van der Waals surface area (Å²) in [4.78, 5) is 34.1. The molecule has 5 atom stereocenters. The lowest BCUT2D eigenvalue weighted by atomic mass is 9.77. The van der Waals surface area contributed by atoms with Crippen molar-refractivity contribution < 1.29 is 15.0 Å². The topological polar surface area (TPSA) is 151 Å². The fourth-order valence-electron chi connectivity index (χ4n) is 4.32. The van der Waals surface area contributed by atoms with Gasteiger partial charge in [0.1, 0.15) is 6.10 Å². The molecule has 1 fully saturated rings. The maximum absolute atomic E-state index is 12.6. The first-order valence-corrected chi connectivity index (χ1v) is 10.1. The molecule has 1 saturated carbocycles. The smallest absolute Gasteiger partial charge is 0.228 e. The molecule has 0 saturated heterocycles. The zero-order valence-electron chi connectivity index (χ0n) is 18.1. The molecule has 1 aliphatic rings.